The van der Waals surface area contributed by atoms with Crippen LogP contribution in [0.3, 0.4) is 0 Å². The van der Waals surface area contributed by atoms with Crippen LogP contribution in [0.1, 0.15) is 91.2 Å². The van der Waals surface area contributed by atoms with Gasteiger partial charge in [0.15, 0.2) is 5.78 Å². The number of hydrogen-bond acceptors (Lipinski definition) is 6. The van der Waals surface area contributed by atoms with E-state index in [2.05, 4.69) is 61.0 Å². The Morgan fingerprint density at radius 3 is 2.09 bits per heavy atom. The van der Waals surface area contributed by atoms with Crippen LogP contribution in [0.2, 0.25) is 5.04 Å². The quantitative estimate of drug-likeness (QED) is 0.164. The maximum atomic E-state index is 14.1. The lowest BCUT2D eigenvalue weighted by atomic mass is 9.94. The van der Waals surface area contributed by atoms with E-state index in [1.807, 2.05) is 80.6 Å². The molecule has 2 heterocycles. The minimum Gasteiger partial charge on any atom is -0.398 e. The molecule has 5 atom stereocenters. The average molecular weight is 793 g/mol. The number of hydrogen-bond donors (Lipinski definition) is 3. The van der Waals surface area contributed by atoms with Gasteiger partial charge in [-0.05, 0) is 73.9 Å². The first-order valence-electron chi connectivity index (χ1n) is 20.4. The van der Waals surface area contributed by atoms with Crippen LogP contribution in [0.5, 0.6) is 0 Å². The number of ketones is 1. The standard InChI is InChI=1S/C46H60N4O6Si/c1-8-46(7)44(55)48-38(31-34-28-26-32(2)27-29-34)43(54)50-30-18-24-39(50)42(53)47-37(41(52)49-46)23-16-11-17-25-40(51)33(3)56-57(45(4,5)6,35-19-12-9-13-20-35)36-21-14-10-15-22-36/h9-15,17,19-22,26-29,33,37-39H,8,16,18,23-25,30-31H2,1-7H3,(H,47,53)(H,48,55)(H,49,52)/t33-,37+,38+,39-,46+/m1/s1. The van der Waals surface area contributed by atoms with Gasteiger partial charge in [-0.2, -0.15) is 0 Å². The number of nitrogens with zero attached hydrogens (tertiary/aromatic N) is 1. The number of allylic oxidation sites excluding steroid dienone is 2. The molecule has 2 saturated heterocycles. The van der Waals surface area contributed by atoms with Crippen LogP contribution in [0.25, 0.3) is 0 Å². The van der Waals surface area contributed by atoms with Gasteiger partial charge >= 0.3 is 0 Å². The number of benzene rings is 3. The Morgan fingerprint density at radius 1 is 0.895 bits per heavy atom. The predicted molar refractivity (Wildman–Crippen MR) is 226 cm³/mol. The van der Waals surface area contributed by atoms with Gasteiger partial charge in [-0.25, -0.2) is 0 Å². The van der Waals surface area contributed by atoms with Gasteiger partial charge in [-0.15, -0.1) is 0 Å². The summed E-state index contributed by atoms with van der Waals surface area (Å²) in [7, 11) is -2.93. The van der Waals surface area contributed by atoms with Crippen molar-refractivity contribution in [2.75, 3.05) is 6.54 Å². The number of aryl methyl sites for hydroxylation is 1. The zero-order chi connectivity index (χ0) is 41.4. The van der Waals surface area contributed by atoms with Gasteiger partial charge in [0.05, 0.1) is 0 Å². The van der Waals surface area contributed by atoms with Gasteiger partial charge in [-0.3, -0.25) is 24.0 Å². The molecular formula is C46H60N4O6Si. The Labute approximate surface area is 339 Å². The van der Waals surface area contributed by atoms with Crippen molar-refractivity contribution in [2.45, 2.75) is 128 Å². The van der Waals surface area contributed by atoms with Crippen LogP contribution in [0.15, 0.2) is 97.1 Å². The van der Waals surface area contributed by atoms with Crippen LogP contribution in [-0.4, -0.2) is 78.9 Å². The van der Waals surface area contributed by atoms with E-state index in [9.17, 15) is 24.0 Å². The van der Waals surface area contributed by atoms with E-state index >= 15 is 0 Å². The molecule has 3 aromatic carbocycles. The molecule has 0 radical (unpaired) electrons. The van der Waals surface area contributed by atoms with Crippen LogP contribution in [0, 0.1) is 6.92 Å². The minimum absolute atomic E-state index is 0.0623. The third-order valence-electron chi connectivity index (χ3n) is 11.6. The zero-order valence-corrected chi connectivity index (χ0v) is 35.6. The van der Waals surface area contributed by atoms with E-state index in [4.69, 9.17) is 4.43 Å². The highest BCUT2D eigenvalue weighted by molar-refractivity contribution is 6.99. The normalized spacial score (nSPS) is 22.9. The Kier molecular flexibility index (Phi) is 14.1. The van der Waals surface area contributed by atoms with Crippen molar-refractivity contribution in [3.8, 4) is 0 Å². The number of amides is 4. The maximum absolute atomic E-state index is 14.1. The van der Waals surface area contributed by atoms with Gasteiger partial charge in [0.2, 0.25) is 23.6 Å². The number of carbonyl (C=O) groups is 5. The number of fused-ring (bicyclic) bond motifs is 1. The molecule has 0 unspecified atom stereocenters. The Morgan fingerprint density at radius 2 is 1.51 bits per heavy atom. The number of nitrogens with one attached hydrogen (secondary N) is 3. The molecule has 5 rings (SSSR count). The van der Waals surface area contributed by atoms with E-state index in [1.54, 1.807) is 24.8 Å². The van der Waals surface area contributed by atoms with Gasteiger partial charge in [0, 0.05) is 19.4 Å². The summed E-state index contributed by atoms with van der Waals surface area (Å²) in [5, 5.41) is 10.7. The fourth-order valence-corrected chi connectivity index (χ4v) is 12.6. The summed E-state index contributed by atoms with van der Waals surface area (Å²) in [5.41, 5.74) is 0.624. The summed E-state index contributed by atoms with van der Waals surface area (Å²) in [6.07, 6.45) is 5.32. The highest BCUT2D eigenvalue weighted by Crippen LogP contribution is 2.37. The molecule has 11 heteroatoms. The van der Waals surface area contributed by atoms with Crippen molar-refractivity contribution < 1.29 is 28.4 Å². The molecule has 3 aromatic rings. The van der Waals surface area contributed by atoms with Gasteiger partial charge in [0.25, 0.3) is 8.32 Å². The fraction of sp³-hybridized carbons (Fsp3) is 0.457. The van der Waals surface area contributed by atoms with Crippen molar-refractivity contribution >= 4 is 48.1 Å². The summed E-state index contributed by atoms with van der Waals surface area (Å²) >= 11 is 0. The molecule has 2 aliphatic heterocycles. The van der Waals surface area contributed by atoms with Gasteiger partial charge in [0.1, 0.15) is 29.8 Å². The lowest BCUT2D eigenvalue weighted by molar-refractivity contribution is -0.144. The monoisotopic (exact) mass is 792 g/mol. The third kappa shape index (κ3) is 9.99. The summed E-state index contributed by atoms with van der Waals surface area (Å²) in [6.45, 7) is 14.1. The largest absolute Gasteiger partial charge is 0.398 e. The summed E-state index contributed by atoms with van der Waals surface area (Å²) in [6, 6.07) is 25.6. The number of Topliss-reactive ketones (excluding diaryl/α,β-unsaturated/α-hetero) is 1. The average Bonchev–Trinajstić information content (AvgIpc) is 3.69. The van der Waals surface area contributed by atoms with E-state index in [0.717, 1.165) is 21.5 Å². The van der Waals surface area contributed by atoms with Gasteiger partial charge in [-0.1, -0.05) is 130 Å². The molecule has 4 amide bonds. The fourth-order valence-electron chi connectivity index (χ4n) is 7.95. The summed E-state index contributed by atoms with van der Waals surface area (Å²) in [5.74, 6) is -1.71. The molecule has 10 nitrogen and oxygen atoms in total. The van der Waals surface area contributed by atoms with Crippen LogP contribution >= 0.6 is 0 Å². The Hall–Kier alpha value is -4.87. The molecule has 57 heavy (non-hydrogen) atoms. The first kappa shape index (κ1) is 43.3. The predicted octanol–water partition coefficient (Wildman–Crippen LogP) is 5.06. The Balaban J connectivity index is 1.29. The molecule has 0 saturated carbocycles. The van der Waals surface area contributed by atoms with Crippen molar-refractivity contribution in [1.29, 1.82) is 0 Å². The third-order valence-corrected chi connectivity index (χ3v) is 16.7. The second kappa shape index (κ2) is 18.6. The van der Waals surface area contributed by atoms with Crippen molar-refractivity contribution in [1.82, 2.24) is 20.9 Å². The highest BCUT2D eigenvalue weighted by atomic mass is 28.4. The van der Waals surface area contributed by atoms with Crippen molar-refractivity contribution in [3.63, 3.8) is 0 Å². The molecular weight excluding hydrogens is 733 g/mol. The van der Waals surface area contributed by atoms with Crippen LogP contribution in [-0.2, 0) is 34.8 Å². The van der Waals surface area contributed by atoms with Crippen LogP contribution < -0.4 is 26.3 Å². The van der Waals surface area contributed by atoms with E-state index in [1.165, 1.54) is 0 Å². The van der Waals surface area contributed by atoms with Crippen LogP contribution in [0.4, 0.5) is 0 Å². The first-order chi connectivity index (χ1) is 27.1. The summed E-state index contributed by atoms with van der Waals surface area (Å²) < 4.78 is 7.00. The molecule has 2 fully saturated rings. The zero-order valence-electron chi connectivity index (χ0n) is 34.6. The second-order valence-corrected chi connectivity index (χ2v) is 21.0. The van der Waals surface area contributed by atoms with E-state index in [-0.39, 0.29) is 42.4 Å². The van der Waals surface area contributed by atoms with E-state index in [0.29, 0.717) is 25.8 Å². The minimum atomic E-state index is -2.93. The van der Waals surface area contributed by atoms with Crippen molar-refractivity contribution in [2.24, 2.45) is 0 Å². The second-order valence-electron chi connectivity index (χ2n) is 16.8. The molecule has 3 N–H and O–H groups in total. The molecule has 304 valence electrons. The summed E-state index contributed by atoms with van der Waals surface area (Å²) in [4.78, 5) is 70.8. The molecule has 0 bridgehead atoms. The molecule has 0 aromatic heterocycles. The number of carbonyl (C=O) groups excluding carboxylic acids is 5. The Bertz CT molecular complexity index is 1870. The topological polar surface area (TPSA) is 134 Å². The van der Waals surface area contributed by atoms with Crippen molar-refractivity contribution in [3.05, 3.63) is 108 Å². The number of rotatable bonds is 13. The molecule has 2 aliphatic rings. The van der Waals surface area contributed by atoms with Gasteiger partial charge < -0.3 is 25.3 Å². The lowest BCUT2D eigenvalue weighted by Crippen LogP contribution is -2.68. The molecule has 0 spiro atoms. The smallest absolute Gasteiger partial charge is 0.262 e. The molecule has 0 aliphatic carbocycles. The maximum Gasteiger partial charge on any atom is 0.262 e. The first-order valence-corrected chi connectivity index (χ1v) is 22.3. The van der Waals surface area contributed by atoms with E-state index < -0.39 is 55.8 Å². The lowest BCUT2D eigenvalue weighted by Gasteiger charge is -2.44. The SMILES string of the molecule is CC[C@]1(C)NC(=O)[C@H](CCC=CCC(=O)[C@@H](C)O[Si](c2ccccc2)(c2ccccc2)C(C)(C)C)NC(=O)[C@H]2CCCN2C(=O)[C@H](Cc2ccc(C)cc2)NC1=O. The highest BCUT2D eigenvalue weighted by Gasteiger charge is 2.51.